The summed E-state index contributed by atoms with van der Waals surface area (Å²) in [4.78, 5) is 26.2. The molecule has 0 aromatic carbocycles. The first-order valence-corrected chi connectivity index (χ1v) is 6.15. The quantitative estimate of drug-likeness (QED) is 0.658. The highest BCUT2D eigenvalue weighted by Gasteiger charge is 2.60. The van der Waals surface area contributed by atoms with Gasteiger partial charge in [0.2, 0.25) is 5.91 Å². The van der Waals surface area contributed by atoms with Gasteiger partial charge in [-0.1, -0.05) is 0 Å². The van der Waals surface area contributed by atoms with E-state index in [0.29, 0.717) is 26.3 Å². The first kappa shape index (κ1) is 10.3. The zero-order valence-electron chi connectivity index (χ0n) is 9.41. The van der Waals surface area contributed by atoms with E-state index >= 15 is 0 Å². The van der Waals surface area contributed by atoms with Gasteiger partial charge in [0.1, 0.15) is 5.41 Å². The molecule has 3 aliphatic rings. The van der Waals surface area contributed by atoms with E-state index in [1.807, 2.05) is 4.90 Å². The Morgan fingerprint density at radius 1 is 1.12 bits per heavy atom. The number of rotatable bonds is 3. The predicted octanol–water partition coefficient (Wildman–Crippen LogP) is 0.605. The molecule has 4 heteroatoms. The summed E-state index contributed by atoms with van der Waals surface area (Å²) in [6.07, 6.45) is 3.55. The second-order valence-electron chi connectivity index (χ2n) is 5.13. The highest BCUT2D eigenvalue weighted by Crippen LogP contribution is 2.53. The van der Waals surface area contributed by atoms with Crippen molar-refractivity contribution in [1.82, 2.24) is 4.90 Å². The van der Waals surface area contributed by atoms with Crippen molar-refractivity contribution in [2.24, 2.45) is 11.3 Å². The second-order valence-corrected chi connectivity index (χ2v) is 5.13. The van der Waals surface area contributed by atoms with Gasteiger partial charge in [0, 0.05) is 19.0 Å². The Labute approximate surface area is 94.9 Å². The van der Waals surface area contributed by atoms with Crippen molar-refractivity contribution in [2.75, 3.05) is 26.3 Å². The normalized spacial score (nSPS) is 27.6. The number of morpholine rings is 1. The third-order valence-electron chi connectivity index (χ3n) is 3.88. The number of amides is 1. The van der Waals surface area contributed by atoms with Crippen molar-refractivity contribution >= 4 is 11.7 Å². The number of carbonyl (C=O) groups is 2. The summed E-state index contributed by atoms with van der Waals surface area (Å²) in [7, 11) is 0. The van der Waals surface area contributed by atoms with Crippen LogP contribution in [0, 0.1) is 11.3 Å². The molecule has 4 nitrogen and oxygen atoms in total. The van der Waals surface area contributed by atoms with Crippen molar-refractivity contribution in [3.05, 3.63) is 0 Å². The lowest BCUT2D eigenvalue weighted by Crippen LogP contribution is -2.46. The van der Waals surface area contributed by atoms with E-state index in [-0.39, 0.29) is 17.6 Å². The average Bonchev–Trinajstić information content (AvgIpc) is 3.20. The number of hydrogen-bond donors (Lipinski definition) is 0. The van der Waals surface area contributed by atoms with Crippen LogP contribution in [0.1, 0.15) is 25.7 Å². The lowest BCUT2D eigenvalue weighted by atomic mass is 9.95. The van der Waals surface area contributed by atoms with Crippen molar-refractivity contribution < 1.29 is 14.3 Å². The molecule has 1 aliphatic heterocycles. The van der Waals surface area contributed by atoms with Crippen LogP contribution >= 0.6 is 0 Å². The van der Waals surface area contributed by atoms with E-state index in [1.165, 1.54) is 0 Å². The Morgan fingerprint density at radius 3 is 2.25 bits per heavy atom. The zero-order chi connectivity index (χ0) is 11.2. The van der Waals surface area contributed by atoms with E-state index in [4.69, 9.17) is 4.74 Å². The number of carbonyl (C=O) groups excluding carboxylic acids is 2. The van der Waals surface area contributed by atoms with E-state index in [2.05, 4.69) is 0 Å². The highest BCUT2D eigenvalue weighted by molar-refractivity contribution is 6.10. The third kappa shape index (κ3) is 1.56. The maximum atomic E-state index is 12.3. The SMILES string of the molecule is O=C(C1CC1)C1(C(=O)N2CCOCC2)CC1. The number of ketones is 1. The van der Waals surface area contributed by atoms with Gasteiger partial charge in [-0.2, -0.15) is 0 Å². The summed E-state index contributed by atoms with van der Waals surface area (Å²) in [5, 5.41) is 0. The largest absolute Gasteiger partial charge is 0.378 e. The average molecular weight is 223 g/mol. The van der Waals surface area contributed by atoms with Crippen molar-refractivity contribution in [3.8, 4) is 0 Å². The molecule has 1 saturated heterocycles. The maximum Gasteiger partial charge on any atom is 0.236 e. The lowest BCUT2D eigenvalue weighted by molar-refractivity contribution is -0.147. The molecule has 0 aromatic heterocycles. The Kier molecular flexibility index (Phi) is 2.28. The second kappa shape index (κ2) is 3.55. The van der Waals surface area contributed by atoms with Gasteiger partial charge >= 0.3 is 0 Å². The van der Waals surface area contributed by atoms with Crippen molar-refractivity contribution in [2.45, 2.75) is 25.7 Å². The van der Waals surface area contributed by atoms with Gasteiger partial charge < -0.3 is 9.64 Å². The molecule has 0 N–H and O–H groups in total. The van der Waals surface area contributed by atoms with Crippen molar-refractivity contribution in [1.29, 1.82) is 0 Å². The molecule has 3 fully saturated rings. The van der Waals surface area contributed by atoms with Crippen LogP contribution in [0.25, 0.3) is 0 Å². The van der Waals surface area contributed by atoms with Gasteiger partial charge in [-0.15, -0.1) is 0 Å². The molecule has 2 aliphatic carbocycles. The summed E-state index contributed by atoms with van der Waals surface area (Å²) >= 11 is 0. The predicted molar refractivity (Wildman–Crippen MR) is 56.8 cm³/mol. The molecule has 16 heavy (non-hydrogen) atoms. The van der Waals surface area contributed by atoms with Crippen LogP contribution in [0.15, 0.2) is 0 Å². The van der Waals surface area contributed by atoms with Crippen LogP contribution in [0.5, 0.6) is 0 Å². The zero-order valence-corrected chi connectivity index (χ0v) is 9.41. The molecule has 1 heterocycles. The molecular formula is C12H17NO3. The Morgan fingerprint density at radius 2 is 1.75 bits per heavy atom. The van der Waals surface area contributed by atoms with Crippen LogP contribution in [0.4, 0.5) is 0 Å². The molecule has 2 saturated carbocycles. The van der Waals surface area contributed by atoms with Crippen LogP contribution in [0.2, 0.25) is 0 Å². The molecule has 3 rings (SSSR count). The summed E-state index contributed by atoms with van der Waals surface area (Å²) in [5.74, 6) is 0.504. The molecule has 0 bridgehead atoms. The number of nitrogens with zero attached hydrogens (tertiary/aromatic N) is 1. The molecule has 0 radical (unpaired) electrons. The molecule has 0 unspecified atom stereocenters. The Balaban J connectivity index is 1.70. The van der Waals surface area contributed by atoms with Crippen LogP contribution < -0.4 is 0 Å². The lowest BCUT2D eigenvalue weighted by Gasteiger charge is -2.30. The molecule has 0 atom stereocenters. The minimum Gasteiger partial charge on any atom is -0.378 e. The highest BCUT2D eigenvalue weighted by atomic mass is 16.5. The fourth-order valence-corrected chi connectivity index (χ4v) is 2.50. The van der Waals surface area contributed by atoms with Gasteiger partial charge in [0.25, 0.3) is 0 Å². The first-order valence-electron chi connectivity index (χ1n) is 6.15. The van der Waals surface area contributed by atoms with Crippen LogP contribution in [-0.4, -0.2) is 42.9 Å². The fraction of sp³-hybridized carbons (Fsp3) is 0.833. The van der Waals surface area contributed by atoms with E-state index < -0.39 is 5.41 Å². The number of hydrogen-bond acceptors (Lipinski definition) is 3. The molecule has 0 aromatic rings. The summed E-state index contributed by atoms with van der Waals surface area (Å²) < 4.78 is 5.22. The smallest absolute Gasteiger partial charge is 0.236 e. The van der Waals surface area contributed by atoms with Crippen LogP contribution in [-0.2, 0) is 14.3 Å². The topological polar surface area (TPSA) is 46.6 Å². The molecule has 88 valence electrons. The summed E-state index contributed by atoms with van der Waals surface area (Å²) in [5.41, 5.74) is -0.599. The van der Waals surface area contributed by atoms with E-state index in [9.17, 15) is 9.59 Å². The molecule has 0 spiro atoms. The fourth-order valence-electron chi connectivity index (χ4n) is 2.50. The number of Topliss-reactive ketones (excluding diaryl/α,β-unsaturated/α-hetero) is 1. The standard InChI is InChI=1S/C12H17NO3/c14-10(9-1-2-9)12(3-4-12)11(15)13-5-7-16-8-6-13/h9H,1-8H2. The minimum absolute atomic E-state index is 0.0766. The maximum absolute atomic E-state index is 12.3. The van der Waals surface area contributed by atoms with Crippen LogP contribution in [0.3, 0.4) is 0 Å². The van der Waals surface area contributed by atoms with E-state index in [1.54, 1.807) is 0 Å². The van der Waals surface area contributed by atoms with Gasteiger partial charge in [-0.25, -0.2) is 0 Å². The first-order chi connectivity index (χ1) is 7.74. The number of ether oxygens (including phenoxy) is 1. The van der Waals surface area contributed by atoms with Gasteiger partial charge in [-0.05, 0) is 25.7 Å². The monoisotopic (exact) mass is 223 g/mol. The van der Waals surface area contributed by atoms with Gasteiger partial charge in [0.05, 0.1) is 13.2 Å². The third-order valence-corrected chi connectivity index (χ3v) is 3.88. The summed E-state index contributed by atoms with van der Waals surface area (Å²) in [6.45, 7) is 2.52. The van der Waals surface area contributed by atoms with Gasteiger partial charge in [-0.3, -0.25) is 9.59 Å². The Bertz CT molecular complexity index is 325. The molecular weight excluding hydrogens is 206 g/mol. The van der Waals surface area contributed by atoms with E-state index in [0.717, 1.165) is 25.7 Å². The summed E-state index contributed by atoms with van der Waals surface area (Å²) in [6, 6.07) is 0. The molecule has 1 amide bonds. The van der Waals surface area contributed by atoms with Crippen molar-refractivity contribution in [3.63, 3.8) is 0 Å². The minimum atomic E-state index is -0.599. The van der Waals surface area contributed by atoms with Gasteiger partial charge in [0.15, 0.2) is 5.78 Å². The Hall–Kier alpha value is -0.900.